The third-order valence-electron chi connectivity index (χ3n) is 1.35. The first-order chi connectivity index (χ1) is 3.88. The van der Waals surface area contributed by atoms with Crippen molar-refractivity contribution in [2.75, 3.05) is 0 Å². The van der Waals surface area contributed by atoms with Crippen LogP contribution in [0.4, 0.5) is 0 Å². The van der Waals surface area contributed by atoms with Crippen molar-refractivity contribution in [1.82, 2.24) is 0 Å². The average molecular weight is 129 g/mol. The van der Waals surface area contributed by atoms with Gasteiger partial charge in [0.2, 0.25) is 0 Å². The Balaban J connectivity index is 2.30. The summed E-state index contributed by atoms with van der Waals surface area (Å²) < 4.78 is 5.10. The maximum absolute atomic E-state index is 5.69. The van der Waals surface area contributed by atoms with Gasteiger partial charge in [0.05, 0.1) is 0 Å². The van der Waals surface area contributed by atoms with Crippen molar-refractivity contribution in [3.05, 3.63) is 23.3 Å². The average Bonchev–Trinajstić information content (AvgIpc) is 2.45. The van der Waals surface area contributed by atoms with Crippen LogP contribution >= 0.6 is 11.6 Å². The molecule has 2 heteroatoms. The first-order valence-electron chi connectivity index (χ1n) is 2.57. The number of fused-ring (bicyclic) bond motifs is 1. The molecule has 0 bridgehead atoms. The van der Waals surface area contributed by atoms with Crippen LogP contribution in [-0.2, 0) is 4.74 Å². The van der Waals surface area contributed by atoms with Crippen molar-refractivity contribution < 1.29 is 4.74 Å². The van der Waals surface area contributed by atoms with Gasteiger partial charge in [0.15, 0.2) is 0 Å². The van der Waals surface area contributed by atoms with Gasteiger partial charge in [-0.1, -0.05) is 23.8 Å². The molecule has 0 aromatic heterocycles. The lowest BCUT2D eigenvalue weighted by atomic mass is 10.2. The fraction of sp³-hybridized carbons (Fsp3) is 0.333. The third-order valence-corrected chi connectivity index (χ3v) is 1.69. The van der Waals surface area contributed by atoms with Crippen molar-refractivity contribution in [3.8, 4) is 0 Å². The number of ether oxygens (including phenoxy) is 1. The second kappa shape index (κ2) is 1.36. The summed E-state index contributed by atoms with van der Waals surface area (Å²) in [6.07, 6.45) is 6.32. The fourth-order valence-electron chi connectivity index (χ4n) is 0.844. The highest BCUT2D eigenvalue weighted by Gasteiger charge is 2.40. The van der Waals surface area contributed by atoms with Crippen molar-refractivity contribution in [1.29, 1.82) is 0 Å². The van der Waals surface area contributed by atoms with E-state index in [1.807, 2.05) is 18.2 Å². The van der Waals surface area contributed by atoms with Gasteiger partial charge < -0.3 is 4.74 Å². The summed E-state index contributed by atoms with van der Waals surface area (Å²) >= 11 is 5.69. The molecule has 42 valence electrons. The zero-order valence-corrected chi connectivity index (χ0v) is 4.93. The Kier molecular flexibility index (Phi) is 0.783. The summed E-state index contributed by atoms with van der Waals surface area (Å²) in [5.41, 5.74) is 0. The largest absolute Gasteiger partial charge is 0.359 e. The van der Waals surface area contributed by atoms with Crippen molar-refractivity contribution in [2.45, 2.75) is 12.2 Å². The Morgan fingerprint density at radius 3 is 3.12 bits per heavy atom. The molecule has 1 aliphatic heterocycles. The maximum Gasteiger partial charge on any atom is 0.124 e. The lowest BCUT2D eigenvalue weighted by Gasteiger charge is -1.90. The summed E-state index contributed by atoms with van der Waals surface area (Å²) in [5.74, 6) is 0. The fourth-order valence-corrected chi connectivity index (χ4v) is 1.09. The first-order valence-corrected chi connectivity index (χ1v) is 2.95. The Bertz CT molecular complexity index is 171. The Labute approximate surface area is 52.6 Å². The van der Waals surface area contributed by atoms with Gasteiger partial charge >= 0.3 is 0 Å². The van der Waals surface area contributed by atoms with Crippen LogP contribution < -0.4 is 0 Å². The minimum absolute atomic E-state index is 0.210. The molecule has 8 heavy (non-hydrogen) atoms. The molecule has 1 aliphatic carbocycles. The van der Waals surface area contributed by atoms with Crippen LogP contribution in [0.25, 0.3) is 0 Å². The Hall–Kier alpha value is -0.270. The number of hydrogen-bond acceptors (Lipinski definition) is 1. The molecular formula is C6H5ClO. The molecule has 2 atom stereocenters. The van der Waals surface area contributed by atoms with E-state index in [2.05, 4.69) is 0 Å². The van der Waals surface area contributed by atoms with E-state index in [-0.39, 0.29) is 6.10 Å². The number of rotatable bonds is 0. The van der Waals surface area contributed by atoms with Crippen LogP contribution in [0, 0.1) is 0 Å². The van der Waals surface area contributed by atoms with Gasteiger partial charge in [-0.05, 0) is 6.08 Å². The molecular weight excluding hydrogens is 124 g/mol. The van der Waals surface area contributed by atoms with E-state index in [1.54, 1.807) is 0 Å². The normalized spacial score (nSPS) is 40.9. The number of allylic oxidation sites excluding steroid dienone is 2. The number of halogens is 1. The Morgan fingerprint density at radius 2 is 2.50 bits per heavy atom. The second-order valence-electron chi connectivity index (χ2n) is 1.96. The summed E-state index contributed by atoms with van der Waals surface area (Å²) in [6.45, 7) is 0. The predicted molar refractivity (Wildman–Crippen MR) is 31.7 cm³/mol. The molecule has 2 aliphatic rings. The molecule has 0 aromatic carbocycles. The van der Waals surface area contributed by atoms with Crippen LogP contribution in [-0.4, -0.2) is 12.2 Å². The van der Waals surface area contributed by atoms with Gasteiger partial charge in [0.25, 0.3) is 0 Å². The molecule has 0 spiro atoms. The maximum atomic E-state index is 5.69. The van der Waals surface area contributed by atoms with Crippen LogP contribution in [0.15, 0.2) is 23.3 Å². The molecule has 0 aromatic rings. The highest BCUT2D eigenvalue weighted by atomic mass is 35.5. The van der Waals surface area contributed by atoms with E-state index in [9.17, 15) is 0 Å². The predicted octanol–water partition coefficient (Wildman–Crippen LogP) is 1.45. The van der Waals surface area contributed by atoms with E-state index in [4.69, 9.17) is 16.3 Å². The molecule has 0 N–H and O–H groups in total. The SMILES string of the molecule is ClC1=CC=C[C@@H]2O[C@H]12. The van der Waals surface area contributed by atoms with Crippen LogP contribution in [0.1, 0.15) is 0 Å². The number of hydrogen-bond donors (Lipinski definition) is 0. The summed E-state index contributed by atoms with van der Waals surface area (Å²) in [7, 11) is 0. The molecule has 1 saturated heterocycles. The lowest BCUT2D eigenvalue weighted by molar-refractivity contribution is 0.412. The molecule has 0 unspecified atom stereocenters. The molecule has 0 amide bonds. The summed E-state index contributed by atoms with van der Waals surface area (Å²) in [6, 6.07) is 0. The third kappa shape index (κ3) is 0.518. The van der Waals surface area contributed by atoms with E-state index in [0.717, 1.165) is 5.03 Å². The van der Waals surface area contributed by atoms with Gasteiger partial charge in [-0.15, -0.1) is 0 Å². The zero-order valence-electron chi connectivity index (χ0n) is 4.17. The molecule has 1 heterocycles. The van der Waals surface area contributed by atoms with Crippen LogP contribution in [0.2, 0.25) is 0 Å². The lowest BCUT2D eigenvalue weighted by Crippen LogP contribution is -1.92. The van der Waals surface area contributed by atoms with Gasteiger partial charge in [0.1, 0.15) is 12.2 Å². The van der Waals surface area contributed by atoms with Crippen molar-refractivity contribution in [2.24, 2.45) is 0 Å². The molecule has 1 fully saturated rings. The minimum atomic E-state index is 0.210. The van der Waals surface area contributed by atoms with Gasteiger partial charge in [0, 0.05) is 5.03 Å². The van der Waals surface area contributed by atoms with E-state index in [0.29, 0.717) is 6.10 Å². The van der Waals surface area contributed by atoms with Crippen molar-refractivity contribution >= 4 is 11.6 Å². The molecule has 1 nitrogen and oxygen atoms in total. The molecule has 2 rings (SSSR count). The van der Waals surface area contributed by atoms with Crippen LogP contribution in [0.3, 0.4) is 0 Å². The van der Waals surface area contributed by atoms with Crippen molar-refractivity contribution in [3.63, 3.8) is 0 Å². The van der Waals surface area contributed by atoms with Gasteiger partial charge in [-0.2, -0.15) is 0 Å². The quantitative estimate of drug-likeness (QED) is 0.450. The monoisotopic (exact) mass is 128 g/mol. The smallest absolute Gasteiger partial charge is 0.124 e. The molecule has 0 radical (unpaired) electrons. The topological polar surface area (TPSA) is 12.5 Å². The van der Waals surface area contributed by atoms with E-state index < -0.39 is 0 Å². The van der Waals surface area contributed by atoms with E-state index >= 15 is 0 Å². The first kappa shape index (κ1) is 4.59. The summed E-state index contributed by atoms with van der Waals surface area (Å²) in [5, 5.41) is 0.831. The minimum Gasteiger partial charge on any atom is -0.359 e. The standard InChI is InChI=1S/C6H5ClO/c7-4-2-1-3-5-6(4)8-5/h1-3,5-6H/t5-,6+/m0/s1. The number of epoxide rings is 1. The van der Waals surface area contributed by atoms with Gasteiger partial charge in [-0.25, -0.2) is 0 Å². The van der Waals surface area contributed by atoms with Gasteiger partial charge in [-0.3, -0.25) is 0 Å². The Morgan fingerprint density at radius 1 is 1.62 bits per heavy atom. The molecule has 0 saturated carbocycles. The highest BCUT2D eigenvalue weighted by Crippen LogP contribution is 2.34. The summed E-state index contributed by atoms with van der Waals surface area (Å²) in [4.78, 5) is 0. The second-order valence-corrected chi connectivity index (χ2v) is 2.39. The van der Waals surface area contributed by atoms with Crippen LogP contribution in [0.5, 0.6) is 0 Å². The van der Waals surface area contributed by atoms with E-state index in [1.165, 1.54) is 0 Å². The zero-order chi connectivity index (χ0) is 5.56. The highest BCUT2D eigenvalue weighted by molar-refractivity contribution is 6.30.